The third-order valence-corrected chi connectivity index (χ3v) is 6.67. The summed E-state index contributed by atoms with van der Waals surface area (Å²) in [5.41, 5.74) is 2.04. The fourth-order valence-electron chi connectivity index (χ4n) is 3.18. The van der Waals surface area contributed by atoms with Crippen LogP contribution in [-0.4, -0.2) is 38.4 Å². The van der Waals surface area contributed by atoms with Crippen molar-refractivity contribution < 1.29 is 22.8 Å². The van der Waals surface area contributed by atoms with Crippen LogP contribution in [0, 0.1) is 17.0 Å². The molecule has 0 aromatic heterocycles. The van der Waals surface area contributed by atoms with Crippen molar-refractivity contribution in [1.82, 2.24) is 4.31 Å². The summed E-state index contributed by atoms with van der Waals surface area (Å²) in [4.78, 5) is 10.4. The number of nitro benzene ring substituents is 1. The second-order valence-corrected chi connectivity index (χ2v) is 8.18. The molecule has 0 radical (unpaired) electrons. The predicted molar refractivity (Wildman–Crippen MR) is 98.7 cm³/mol. The Morgan fingerprint density at radius 1 is 1.07 bits per heavy atom. The molecule has 0 spiro atoms. The lowest BCUT2D eigenvalue weighted by Gasteiger charge is -2.29. The lowest BCUT2D eigenvalue weighted by molar-refractivity contribution is -0.385. The van der Waals surface area contributed by atoms with Gasteiger partial charge in [-0.1, -0.05) is 6.07 Å². The van der Waals surface area contributed by atoms with Crippen LogP contribution in [0.1, 0.15) is 16.7 Å². The highest BCUT2D eigenvalue weighted by Crippen LogP contribution is 2.35. The largest absolute Gasteiger partial charge is 0.493 e. The number of nitrogens with zero attached hydrogens (tertiary/aromatic N) is 2. The van der Waals surface area contributed by atoms with Crippen molar-refractivity contribution in [3.8, 4) is 11.5 Å². The van der Waals surface area contributed by atoms with E-state index in [1.165, 1.54) is 23.5 Å². The van der Waals surface area contributed by atoms with Gasteiger partial charge in [0.25, 0.3) is 5.69 Å². The molecule has 9 heteroatoms. The first kappa shape index (κ1) is 19.1. The predicted octanol–water partition coefficient (Wildman–Crippen LogP) is 2.67. The Kier molecular flexibility index (Phi) is 5.07. The van der Waals surface area contributed by atoms with E-state index < -0.39 is 14.9 Å². The number of ether oxygens (including phenoxy) is 2. The Bertz CT molecular complexity index is 1000. The minimum atomic E-state index is -3.87. The van der Waals surface area contributed by atoms with E-state index in [1.54, 1.807) is 20.1 Å². The van der Waals surface area contributed by atoms with E-state index in [-0.39, 0.29) is 23.7 Å². The van der Waals surface area contributed by atoms with E-state index >= 15 is 0 Å². The molecule has 0 unspecified atom stereocenters. The zero-order valence-electron chi connectivity index (χ0n) is 15.3. The van der Waals surface area contributed by atoms with E-state index in [0.717, 1.165) is 17.2 Å². The second kappa shape index (κ2) is 7.16. The minimum Gasteiger partial charge on any atom is -0.493 e. The van der Waals surface area contributed by atoms with Crippen LogP contribution in [0.15, 0.2) is 35.2 Å². The number of methoxy groups -OCH3 is 2. The van der Waals surface area contributed by atoms with Crippen molar-refractivity contribution >= 4 is 15.7 Å². The number of hydrogen-bond acceptors (Lipinski definition) is 6. The number of hydrogen-bond donors (Lipinski definition) is 0. The minimum absolute atomic E-state index is 0.0411. The topological polar surface area (TPSA) is 99.0 Å². The van der Waals surface area contributed by atoms with Crippen molar-refractivity contribution in [2.45, 2.75) is 24.8 Å². The Morgan fingerprint density at radius 3 is 2.30 bits per heavy atom. The molecule has 0 atom stereocenters. The molecule has 0 amide bonds. The summed E-state index contributed by atoms with van der Waals surface area (Å²) in [6.07, 6.45) is 0.517. The molecule has 144 valence electrons. The Labute approximate surface area is 157 Å². The fourth-order valence-corrected chi connectivity index (χ4v) is 4.85. The summed E-state index contributed by atoms with van der Waals surface area (Å²) in [7, 11) is -0.797. The van der Waals surface area contributed by atoms with Crippen molar-refractivity contribution in [3.63, 3.8) is 0 Å². The molecule has 0 saturated heterocycles. The number of benzene rings is 2. The number of sulfonamides is 1. The van der Waals surface area contributed by atoms with Gasteiger partial charge in [-0.25, -0.2) is 8.42 Å². The van der Waals surface area contributed by atoms with E-state index in [0.29, 0.717) is 23.5 Å². The average Bonchev–Trinajstić information content (AvgIpc) is 2.66. The second-order valence-electron chi connectivity index (χ2n) is 6.27. The molecular formula is C18H20N2O6S. The highest BCUT2D eigenvalue weighted by Gasteiger charge is 2.31. The monoisotopic (exact) mass is 392 g/mol. The van der Waals surface area contributed by atoms with Gasteiger partial charge in [0, 0.05) is 25.2 Å². The number of nitro groups is 1. The summed E-state index contributed by atoms with van der Waals surface area (Å²) in [6.45, 7) is 2.08. The molecular weight excluding hydrogens is 372 g/mol. The normalized spacial score (nSPS) is 14.5. The van der Waals surface area contributed by atoms with Crippen molar-refractivity contribution in [3.05, 3.63) is 57.1 Å². The van der Waals surface area contributed by atoms with Gasteiger partial charge in [0.2, 0.25) is 10.0 Å². The van der Waals surface area contributed by atoms with E-state index in [4.69, 9.17) is 9.47 Å². The van der Waals surface area contributed by atoms with Crippen LogP contribution in [0.4, 0.5) is 5.69 Å². The highest BCUT2D eigenvalue weighted by molar-refractivity contribution is 7.89. The average molecular weight is 392 g/mol. The summed E-state index contributed by atoms with van der Waals surface area (Å²) in [6, 6.07) is 7.51. The molecule has 0 saturated carbocycles. The quantitative estimate of drug-likeness (QED) is 0.573. The van der Waals surface area contributed by atoms with Crippen LogP contribution in [0.5, 0.6) is 11.5 Å². The van der Waals surface area contributed by atoms with Crippen molar-refractivity contribution in [2.24, 2.45) is 0 Å². The standard InChI is InChI=1S/C18H20N2O6S/c1-12-4-5-15(20(21)22)10-18(12)27(23,24)19-7-6-13-8-16(25-2)17(26-3)9-14(13)11-19/h4-5,8-10H,6-7,11H2,1-3H3. The maximum Gasteiger partial charge on any atom is 0.270 e. The first-order valence-corrected chi connectivity index (χ1v) is 9.71. The van der Waals surface area contributed by atoms with E-state index in [2.05, 4.69) is 0 Å². The summed E-state index contributed by atoms with van der Waals surface area (Å²) >= 11 is 0. The van der Waals surface area contributed by atoms with Gasteiger partial charge in [-0.2, -0.15) is 4.31 Å². The third-order valence-electron chi connectivity index (χ3n) is 4.68. The summed E-state index contributed by atoms with van der Waals surface area (Å²) < 4.78 is 38.2. The summed E-state index contributed by atoms with van der Waals surface area (Å²) in [5, 5.41) is 11.0. The lowest BCUT2D eigenvalue weighted by atomic mass is 10.0. The van der Waals surface area contributed by atoms with Gasteiger partial charge in [0.1, 0.15) is 0 Å². The molecule has 3 rings (SSSR count). The van der Waals surface area contributed by atoms with Gasteiger partial charge >= 0.3 is 0 Å². The number of non-ortho nitro benzene ring substituents is 1. The Hall–Kier alpha value is -2.65. The van der Waals surface area contributed by atoms with Crippen LogP contribution >= 0.6 is 0 Å². The molecule has 2 aromatic carbocycles. The first-order chi connectivity index (χ1) is 12.8. The number of fused-ring (bicyclic) bond motifs is 1. The summed E-state index contributed by atoms with van der Waals surface area (Å²) in [5.74, 6) is 1.13. The highest BCUT2D eigenvalue weighted by atomic mass is 32.2. The molecule has 1 aliphatic rings. The fraction of sp³-hybridized carbons (Fsp3) is 0.333. The molecule has 1 heterocycles. The Balaban J connectivity index is 1.99. The van der Waals surface area contributed by atoms with Crippen LogP contribution < -0.4 is 9.47 Å². The molecule has 0 aliphatic carbocycles. The van der Waals surface area contributed by atoms with Gasteiger partial charge in [-0.3, -0.25) is 10.1 Å². The molecule has 2 aromatic rings. The van der Waals surface area contributed by atoms with Crippen LogP contribution in [0.2, 0.25) is 0 Å². The van der Waals surface area contributed by atoms with Crippen LogP contribution in [0.3, 0.4) is 0 Å². The van der Waals surface area contributed by atoms with E-state index in [1.807, 2.05) is 6.07 Å². The van der Waals surface area contributed by atoms with Gasteiger partial charge in [0.15, 0.2) is 11.5 Å². The molecule has 8 nitrogen and oxygen atoms in total. The van der Waals surface area contributed by atoms with Crippen molar-refractivity contribution in [1.29, 1.82) is 0 Å². The lowest BCUT2D eigenvalue weighted by Crippen LogP contribution is -2.36. The molecule has 27 heavy (non-hydrogen) atoms. The number of aryl methyl sites for hydroxylation is 1. The molecule has 0 bridgehead atoms. The van der Waals surface area contributed by atoms with Crippen molar-refractivity contribution in [2.75, 3.05) is 20.8 Å². The smallest absolute Gasteiger partial charge is 0.270 e. The maximum absolute atomic E-state index is 13.1. The maximum atomic E-state index is 13.1. The first-order valence-electron chi connectivity index (χ1n) is 8.27. The number of rotatable bonds is 5. The molecule has 0 N–H and O–H groups in total. The van der Waals surface area contributed by atoms with Gasteiger partial charge in [-0.15, -0.1) is 0 Å². The molecule has 1 aliphatic heterocycles. The van der Waals surface area contributed by atoms with Gasteiger partial charge < -0.3 is 9.47 Å². The zero-order chi connectivity index (χ0) is 19.8. The van der Waals surface area contributed by atoms with Gasteiger partial charge in [-0.05, 0) is 42.2 Å². The third kappa shape index (κ3) is 3.47. The van der Waals surface area contributed by atoms with Gasteiger partial charge in [0.05, 0.1) is 24.0 Å². The Morgan fingerprint density at radius 2 is 1.70 bits per heavy atom. The zero-order valence-corrected chi connectivity index (χ0v) is 16.1. The van der Waals surface area contributed by atoms with E-state index in [9.17, 15) is 18.5 Å². The molecule has 0 fully saturated rings. The van der Waals surface area contributed by atoms with Crippen LogP contribution in [-0.2, 0) is 23.0 Å². The van der Waals surface area contributed by atoms with Crippen LogP contribution in [0.25, 0.3) is 0 Å². The SMILES string of the molecule is COc1cc2c(cc1OC)CN(S(=O)(=O)c1cc([N+](=O)[O-])ccc1C)CC2.